The molecule has 1 aromatic heterocycles. The van der Waals surface area contributed by atoms with Crippen LogP contribution in [-0.4, -0.2) is 0 Å². The molecule has 0 unspecified atom stereocenters. The number of nitrogens with two attached hydrogens (primary N) is 1. The van der Waals surface area contributed by atoms with Gasteiger partial charge in [0.25, 0.3) is 0 Å². The van der Waals surface area contributed by atoms with Gasteiger partial charge in [0.1, 0.15) is 11.6 Å². The van der Waals surface area contributed by atoms with Gasteiger partial charge in [-0.2, -0.15) is 9.65 Å². The molecule has 1 aromatic rings. The van der Waals surface area contributed by atoms with Crippen molar-refractivity contribution in [2.24, 2.45) is 5.73 Å². The molecular weight excluding hydrogens is 199 g/mol. The summed E-state index contributed by atoms with van der Waals surface area (Å²) < 4.78 is 12.8. The zero-order chi connectivity index (χ0) is 8.43. The minimum Gasteiger partial charge on any atom is -0.326 e. The van der Waals surface area contributed by atoms with E-state index in [1.807, 2.05) is 0 Å². The third kappa shape index (κ3) is 1.75. The van der Waals surface area contributed by atoms with E-state index in [0.29, 0.717) is 12.1 Å². The highest BCUT2D eigenvalue weighted by molar-refractivity contribution is 7.10. The van der Waals surface area contributed by atoms with E-state index < -0.39 is 5.13 Å². The molecule has 2 N–H and O–H groups in total. The molecule has 0 saturated carbocycles. The van der Waals surface area contributed by atoms with Crippen molar-refractivity contribution < 1.29 is 4.39 Å². The molecule has 12 heavy (non-hydrogen) atoms. The van der Waals surface area contributed by atoms with Crippen molar-refractivity contribution in [3.63, 3.8) is 0 Å². The maximum Gasteiger partial charge on any atom is 0.194 e. The lowest BCUT2D eigenvalue weighted by molar-refractivity contribution is 0.653. The first-order valence-electron chi connectivity index (χ1n) is 3.08. The zero-order valence-corrected chi connectivity index (χ0v) is 8.06. The molecule has 66 valence electrons. The Labute approximate surface area is 80.2 Å². The van der Waals surface area contributed by atoms with E-state index in [2.05, 4.69) is 0 Å². The minimum absolute atomic E-state index is 0. The Morgan fingerprint density at radius 1 is 1.67 bits per heavy atom. The summed E-state index contributed by atoms with van der Waals surface area (Å²) in [6, 6.07) is 1.80. The number of nitrogens with zero attached hydrogens (tertiary/aromatic N) is 1. The molecule has 0 bridgehead atoms. The normalized spacial score (nSPS) is 8.83. The Kier molecular flexibility index (Phi) is 4.18. The molecule has 0 aliphatic rings. The van der Waals surface area contributed by atoms with Crippen LogP contribution in [0.15, 0.2) is 0 Å². The van der Waals surface area contributed by atoms with Crippen LogP contribution < -0.4 is 5.73 Å². The Morgan fingerprint density at radius 3 is 2.50 bits per heavy atom. The van der Waals surface area contributed by atoms with Crippen molar-refractivity contribution in [3.05, 3.63) is 21.1 Å². The first-order chi connectivity index (χ1) is 5.20. The van der Waals surface area contributed by atoms with Crippen molar-refractivity contribution in [3.8, 4) is 6.07 Å². The number of rotatable bonds is 1. The number of hydrogen-bond donors (Lipinski definition) is 1. The zero-order valence-electron chi connectivity index (χ0n) is 6.43. The predicted octanol–water partition coefficient (Wildman–Crippen LogP) is 1.95. The van der Waals surface area contributed by atoms with Crippen LogP contribution in [0, 0.1) is 23.4 Å². The van der Waals surface area contributed by atoms with Crippen LogP contribution in [0.25, 0.3) is 0 Å². The summed E-state index contributed by atoms with van der Waals surface area (Å²) in [5.74, 6) is 0. The fourth-order valence-corrected chi connectivity index (χ4v) is 1.70. The van der Waals surface area contributed by atoms with Gasteiger partial charge in [0, 0.05) is 11.4 Å². The summed E-state index contributed by atoms with van der Waals surface area (Å²) in [4.78, 5) is 0.749. The van der Waals surface area contributed by atoms with E-state index >= 15 is 0 Å². The fourth-order valence-electron chi connectivity index (χ4n) is 0.845. The van der Waals surface area contributed by atoms with Gasteiger partial charge in [-0.25, -0.2) is 0 Å². The molecule has 0 aliphatic carbocycles. The molecule has 0 radical (unpaired) electrons. The van der Waals surface area contributed by atoms with Crippen molar-refractivity contribution in [2.45, 2.75) is 13.5 Å². The molecule has 1 heterocycles. The SMILES string of the molecule is Cc1c(CN)sc(F)c1C#N.Cl. The first-order valence-corrected chi connectivity index (χ1v) is 3.90. The number of thiophene rings is 1. The Morgan fingerprint density at radius 2 is 2.25 bits per heavy atom. The van der Waals surface area contributed by atoms with Gasteiger partial charge in [-0.05, 0) is 12.5 Å². The van der Waals surface area contributed by atoms with Crippen molar-refractivity contribution in [2.75, 3.05) is 0 Å². The smallest absolute Gasteiger partial charge is 0.194 e. The highest BCUT2D eigenvalue weighted by Gasteiger charge is 2.12. The average molecular weight is 207 g/mol. The van der Waals surface area contributed by atoms with Crippen LogP contribution in [0.3, 0.4) is 0 Å². The second kappa shape index (κ2) is 4.41. The number of hydrogen-bond acceptors (Lipinski definition) is 3. The third-order valence-corrected chi connectivity index (χ3v) is 2.60. The highest BCUT2D eigenvalue weighted by Crippen LogP contribution is 2.24. The number of nitriles is 1. The molecule has 2 nitrogen and oxygen atoms in total. The predicted molar refractivity (Wildman–Crippen MR) is 48.9 cm³/mol. The summed E-state index contributed by atoms with van der Waals surface area (Å²) in [6.07, 6.45) is 0. The van der Waals surface area contributed by atoms with Gasteiger partial charge in [0.2, 0.25) is 0 Å². The molecule has 1 rings (SSSR count). The van der Waals surface area contributed by atoms with Crippen LogP contribution >= 0.6 is 23.7 Å². The molecule has 0 atom stereocenters. The standard InChI is InChI=1S/C7H7FN2S.ClH/c1-4-5(2-9)7(8)11-6(4)3-10;/h3,10H2,1H3;1H. The van der Waals surface area contributed by atoms with Crippen LogP contribution in [-0.2, 0) is 6.54 Å². The van der Waals surface area contributed by atoms with E-state index in [-0.39, 0.29) is 18.0 Å². The maximum absolute atomic E-state index is 12.8. The fraction of sp³-hybridized carbons (Fsp3) is 0.286. The first kappa shape index (κ1) is 11.4. The second-order valence-corrected chi connectivity index (χ2v) is 3.17. The molecule has 0 spiro atoms. The topological polar surface area (TPSA) is 49.8 Å². The van der Waals surface area contributed by atoms with Gasteiger partial charge in [0.15, 0.2) is 5.13 Å². The molecule has 0 amide bonds. The minimum atomic E-state index is -0.426. The summed E-state index contributed by atoms with van der Waals surface area (Å²) in [5.41, 5.74) is 6.13. The summed E-state index contributed by atoms with van der Waals surface area (Å²) >= 11 is 0.951. The lowest BCUT2D eigenvalue weighted by atomic mass is 10.2. The summed E-state index contributed by atoms with van der Waals surface area (Å²) in [6.45, 7) is 2.01. The van der Waals surface area contributed by atoms with Crippen LogP contribution in [0.2, 0.25) is 0 Å². The van der Waals surface area contributed by atoms with Crippen molar-refractivity contribution >= 4 is 23.7 Å². The van der Waals surface area contributed by atoms with E-state index in [4.69, 9.17) is 11.0 Å². The second-order valence-electron chi connectivity index (χ2n) is 2.11. The quantitative estimate of drug-likeness (QED) is 0.764. The molecular formula is C7H8ClFN2S. The summed E-state index contributed by atoms with van der Waals surface area (Å²) in [7, 11) is 0. The van der Waals surface area contributed by atoms with Gasteiger partial charge in [-0.15, -0.1) is 23.7 Å². The Hall–Kier alpha value is -0.630. The van der Waals surface area contributed by atoms with E-state index in [1.54, 1.807) is 13.0 Å². The van der Waals surface area contributed by atoms with Crippen LogP contribution in [0.4, 0.5) is 4.39 Å². The lowest BCUT2D eigenvalue weighted by Gasteiger charge is -1.89. The number of halogens is 2. The van der Waals surface area contributed by atoms with E-state index in [0.717, 1.165) is 16.2 Å². The molecule has 0 fully saturated rings. The monoisotopic (exact) mass is 206 g/mol. The van der Waals surface area contributed by atoms with Crippen LogP contribution in [0.5, 0.6) is 0 Å². The lowest BCUT2D eigenvalue weighted by Crippen LogP contribution is -1.94. The molecule has 0 aliphatic heterocycles. The van der Waals surface area contributed by atoms with Crippen molar-refractivity contribution in [1.82, 2.24) is 0 Å². The van der Waals surface area contributed by atoms with Gasteiger partial charge < -0.3 is 5.73 Å². The maximum atomic E-state index is 12.8. The van der Waals surface area contributed by atoms with Gasteiger partial charge >= 0.3 is 0 Å². The highest BCUT2D eigenvalue weighted by atomic mass is 35.5. The van der Waals surface area contributed by atoms with Crippen molar-refractivity contribution in [1.29, 1.82) is 5.26 Å². The third-order valence-electron chi connectivity index (χ3n) is 1.50. The van der Waals surface area contributed by atoms with Gasteiger partial charge in [-0.1, -0.05) is 0 Å². The van der Waals surface area contributed by atoms with Crippen LogP contribution in [0.1, 0.15) is 16.0 Å². The Balaban J connectivity index is 0.00000121. The molecule has 5 heteroatoms. The van der Waals surface area contributed by atoms with Gasteiger partial charge in [0.05, 0.1) is 0 Å². The summed E-state index contributed by atoms with van der Waals surface area (Å²) in [5, 5.41) is 8.06. The largest absolute Gasteiger partial charge is 0.326 e. The van der Waals surface area contributed by atoms with E-state index in [9.17, 15) is 4.39 Å². The Bertz CT molecular complexity index is 316. The molecule has 0 aromatic carbocycles. The molecule has 0 saturated heterocycles. The van der Waals surface area contributed by atoms with E-state index in [1.165, 1.54) is 0 Å². The average Bonchev–Trinajstić information content (AvgIpc) is 2.26. The van der Waals surface area contributed by atoms with Gasteiger partial charge in [-0.3, -0.25) is 0 Å².